The maximum Gasteiger partial charge on any atom is 0.145 e. The number of hydrogen-bond acceptors (Lipinski definition) is 4. The predicted molar refractivity (Wildman–Crippen MR) is 95.7 cm³/mol. The highest BCUT2D eigenvalue weighted by atomic mass is 35.5. The van der Waals surface area contributed by atoms with E-state index in [1.807, 2.05) is 6.07 Å². The Balaban J connectivity index is 0.00000208. The third kappa shape index (κ3) is 3.68. The van der Waals surface area contributed by atoms with E-state index in [4.69, 9.17) is 9.73 Å². The van der Waals surface area contributed by atoms with E-state index in [-0.39, 0.29) is 12.4 Å². The number of aromatic nitrogens is 1. The monoisotopic (exact) mass is 349 g/mol. The number of amidine groups is 1. The molecule has 132 valence electrons. The van der Waals surface area contributed by atoms with E-state index in [1.165, 1.54) is 16.6 Å². The van der Waals surface area contributed by atoms with Gasteiger partial charge in [0.25, 0.3) is 0 Å². The molecule has 0 amide bonds. The van der Waals surface area contributed by atoms with Crippen LogP contribution in [0, 0.1) is 0 Å². The maximum atomic E-state index is 5.34. The van der Waals surface area contributed by atoms with Gasteiger partial charge < -0.3 is 31.9 Å². The molecule has 1 aliphatic heterocycles. The minimum Gasteiger partial charge on any atom is -1.00 e. The van der Waals surface area contributed by atoms with Crippen molar-refractivity contribution in [1.29, 1.82) is 0 Å². The normalized spacial score (nSPS) is 13.4. The standard InChI is InChI=1S/C18H26N4O.ClH/c1-4-21(5-2)10-8-19-18-17-13-14-12-15(23-3)6-7-16(14)22(17)11-9-20-18;/h6-7,12-13H,4-5,8-11H2,1-3H3,(H,19,20);1H/p-1. The summed E-state index contributed by atoms with van der Waals surface area (Å²) >= 11 is 0. The Hall–Kier alpha value is -1.72. The van der Waals surface area contributed by atoms with Crippen LogP contribution in [-0.4, -0.2) is 55.1 Å². The lowest BCUT2D eigenvalue weighted by molar-refractivity contribution is -0.00000520. The first-order valence-corrected chi connectivity index (χ1v) is 8.45. The highest BCUT2D eigenvalue weighted by Gasteiger charge is 2.17. The molecule has 2 heterocycles. The van der Waals surface area contributed by atoms with Crippen LogP contribution in [0.1, 0.15) is 19.5 Å². The minimum absolute atomic E-state index is 0. The summed E-state index contributed by atoms with van der Waals surface area (Å²) in [4.78, 5) is 7.11. The third-order valence-corrected chi connectivity index (χ3v) is 4.56. The van der Waals surface area contributed by atoms with Crippen LogP contribution in [0.4, 0.5) is 0 Å². The van der Waals surface area contributed by atoms with Crippen LogP contribution in [0.3, 0.4) is 0 Å². The van der Waals surface area contributed by atoms with Gasteiger partial charge in [-0.3, -0.25) is 4.99 Å². The number of aliphatic imine (C=N–C) groups is 1. The number of nitrogens with zero attached hydrogens (tertiary/aromatic N) is 3. The quantitative estimate of drug-likeness (QED) is 0.753. The topological polar surface area (TPSA) is 41.8 Å². The molecule has 0 unspecified atom stereocenters. The number of fused-ring (bicyclic) bond motifs is 3. The molecule has 6 heteroatoms. The molecule has 24 heavy (non-hydrogen) atoms. The Morgan fingerprint density at radius 2 is 2.04 bits per heavy atom. The number of halogens is 1. The van der Waals surface area contributed by atoms with Crippen LogP contribution >= 0.6 is 0 Å². The SMILES string of the molecule is CCN(CC)CCNC1=NCCn2c1cc1cc(OC)ccc12.[Cl-]. The lowest BCUT2D eigenvalue weighted by Crippen LogP contribution is -3.00. The van der Waals surface area contributed by atoms with E-state index in [0.29, 0.717) is 0 Å². The molecule has 0 spiro atoms. The summed E-state index contributed by atoms with van der Waals surface area (Å²) in [5.41, 5.74) is 2.43. The van der Waals surface area contributed by atoms with Crippen molar-refractivity contribution in [3.05, 3.63) is 30.0 Å². The van der Waals surface area contributed by atoms with Gasteiger partial charge in [-0.2, -0.15) is 0 Å². The average Bonchev–Trinajstić information content (AvgIpc) is 2.97. The van der Waals surface area contributed by atoms with Crippen LogP contribution < -0.4 is 22.5 Å². The largest absolute Gasteiger partial charge is 1.00 e. The van der Waals surface area contributed by atoms with Gasteiger partial charge in [0.2, 0.25) is 0 Å². The first-order valence-electron chi connectivity index (χ1n) is 8.45. The van der Waals surface area contributed by atoms with Gasteiger partial charge >= 0.3 is 0 Å². The second-order valence-corrected chi connectivity index (χ2v) is 5.79. The van der Waals surface area contributed by atoms with Crippen molar-refractivity contribution in [2.75, 3.05) is 39.8 Å². The van der Waals surface area contributed by atoms with Crippen molar-refractivity contribution in [1.82, 2.24) is 14.8 Å². The van der Waals surface area contributed by atoms with E-state index in [1.54, 1.807) is 7.11 Å². The predicted octanol–water partition coefficient (Wildman–Crippen LogP) is -0.654. The lowest BCUT2D eigenvalue weighted by atomic mass is 10.2. The Labute approximate surface area is 150 Å². The Morgan fingerprint density at radius 3 is 2.75 bits per heavy atom. The molecule has 0 bridgehead atoms. The number of benzene rings is 1. The van der Waals surface area contributed by atoms with Crippen LogP contribution in [0.15, 0.2) is 29.3 Å². The van der Waals surface area contributed by atoms with Crippen LogP contribution in [0.2, 0.25) is 0 Å². The van der Waals surface area contributed by atoms with Gasteiger partial charge in [0, 0.05) is 30.5 Å². The van der Waals surface area contributed by atoms with E-state index < -0.39 is 0 Å². The molecule has 0 saturated carbocycles. The van der Waals surface area contributed by atoms with Crippen LogP contribution in [0.5, 0.6) is 5.75 Å². The summed E-state index contributed by atoms with van der Waals surface area (Å²) in [7, 11) is 1.71. The smallest absolute Gasteiger partial charge is 0.145 e. The van der Waals surface area contributed by atoms with E-state index >= 15 is 0 Å². The summed E-state index contributed by atoms with van der Waals surface area (Å²) in [5.74, 6) is 1.91. The maximum absolute atomic E-state index is 5.34. The highest BCUT2D eigenvalue weighted by Crippen LogP contribution is 2.26. The number of hydrogen-bond donors (Lipinski definition) is 1. The fourth-order valence-electron chi connectivity index (χ4n) is 3.17. The first-order chi connectivity index (χ1) is 11.3. The molecule has 0 saturated heterocycles. The van der Waals surface area contributed by atoms with Crippen LogP contribution in [-0.2, 0) is 6.54 Å². The van der Waals surface area contributed by atoms with Crippen molar-refractivity contribution >= 4 is 16.7 Å². The number of methoxy groups -OCH3 is 1. The summed E-state index contributed by atoms with van der Waals surface area (Å²) in [6.45, 7) is 10.3. The fourth-order valence-corrected chi connectivity index (χ4v) is 3.17. The van der Waals surface area contributed by atoms with Crippen molar-refractivity contribution in [3.8, 4) is 5.75 Å². The van der Waals surface area contributed by atoms with Gasteiger partial charge in [0.15, 0.2) is 0 Å². The lowest BCUT2D eigenvalue weighted by Gasteiger charge is -2.21. The molecule has 1 N–H and O–H groups in total. The van der Waals surface area contributed by atoms with Crippen molar-refractivity contribution < 1.29 is 17.1 Å². The van der Waals surface area contributed by atoms with Crippen LogP contribution in [0.25, 0.3) is 10.9 Å². The second-order valence-electron chi connectivity index (χ2n) is 5.79. The van der Waals surface area contributed by atoms with Crippen molar-refractivity contribution in [2.45, 2.75) is 20.4 Å². The minimum atomic E-state index is 0. The van der Waals surface area contributed by atoms with E-state index in [9.17, 15) is 0 Å². The van der Waals surface area contributed by atoms with Gasteiger partial charge in [-0.1, -0.05) is 13.8 Å². The number of likely N-dealkylation sites (N-methyl/N-ethyl adjacent to an activating group) is 1. The molecule has 3 rings (SSSR count). The number of ether oxygens (including phenoxy) is 1. The fraction of sp³-hybridized carbons (Fsp3) is 0.500. The Morgan fingerprint density at radius 1 is 1.25 bits per heavy atom. The van der Waals surface area contributed by atoms with Gasteiger partial charge in [-0.15, -0.1) is 0 Å². The molecule has 1 aromatic heterocycles. The van der Waals surface area contributed by atoms with E-state index in [2.05, 4.69) is 46.8 Å². The third-order valence-electron chi connectivity index (χ3n) is 4.56. The van der Waals surface area contributed by atoms with Crippen molar-refractivity contribution in [3.63, 3.8) is 0 Å². The summed E-state index contributed by atoms with van der Waals surface area (Å²) in [5, 5.41) is 4.73. The average molecular weight is 350 g/mol. The van der Waals surface area contributed by atoms with E-state index in [0.717, 1.165) is 50.9 Å². The summed E-state index contributed by atoms with van der Waals surface area (Å²) in [6.07, 6.45) is 0. The molecule has 5 nitrogen and oxygen atoms in total. The first kappa shape index (κ1) is 18.6. The van der Waals surface area contributed by atoms with Crippen molar-refractivity contribution in [2.24, 2.45) is 4.99 Å². The summed E-state index contributed by atoms with van der Waals surface area (Å²) < 4.78 is 7.69. The molecule has 1 aliphatic rings. The van der Waals surface area contributed by atoms with Gasteiger partial charge in [0.05, 0.1) is 19.3 Å². The molecule has 2 aromatic rings. The zero-order valence-corrected chi connectivity index (χ0v) is 15.4. The Kier molecular flexibility index (Phi) is 6.52. The summed E-state index contributed by atoms with van der Waals surface area (Å²) in [6, 6.07) is 8.46. The molecular weight excluding hydrogens is 324 g/mol. The highest BCUT2D eigenvalue weighted by molar-refractivity contribution is 6.02. The zero-order valence-electron chi connectivity index (χ0n) is 14.7. The molecule has 0 fully saturated rings. The number of nitrogens with one attached hydrogen (secondary N) is 1. The Bertz CT molecular complexity index is 706. The number of rotatable bonds is 6. The molecule has 0 radical (unpaired) electrons. The molecule has 0 atom stereocenters. The molecule has 0 aliphatic carbocycles. The second kappa shape index (κ2) is 8.40. The van der Waals surface area contributed by atoms with Gasteiger partial charge in [-0.05, 0) is 37.4 Å². The molecular formula is C18H26ClN4O-. The van der Waals surface area contributed by atoms with Gasteiger partial charge in [-0.25, -0.2) is 0 Å². The van der Waals surface area contributed by atoms with Gasteiger partial charge in [0.1, 0.15) is 11.6 Å². The zero-order chi connectivity index (χ0) is 16.2. The molecule has 1 aromatic carbocycles.